The van der Waals surface area contributed by atoms with Crippen LogP contribution >= 0.6 is 0 Å². The molecule has 0 aromatic heterocycles. The average Bonchev–Trinajstić information content (AvgIpc) is 2.15. The van der Waals surface area contributed by atoms with Gasteiger partial charge in [-0.2, -0.15) is 0 Å². The number of aliphatic hydroxyl groups is 2. The molecule has 3 N–H and O–H groups in total. The van der Waals surface area contributed by atoms with Gasteiger partial charge in [0.05, 0.1) is 19.3 Å². The van der Waals surface area contributed by atoms with Gasteiger partial charge in [-0.25, -0.2) is 0 Å². The lowest BCUT2D eigenvalue weighted by molar-refractivity contribution is 0.0877. The summed E-state index contributed by atoms with van der Waals surface area (Å²) in [6, 6.07) is 0. The molecule has 0 aromatic carbocycles. The van der Waals surface area contributed by atoms with Crippen molar-refractivity contribution in [1.29, 1.82) is 0 Å². The summed E-state index contributed by atoms with van der Waals surface area (Å²) >= 11 is 0. The molecule has 0 rings (SSSR count). The quantitative estimate of drug-likeness (QED) is 0.463. The highest BCUT2D eigenvalue weighted by Gasteiger charge is 1.99. The second-order valence-electron chi connectivity index (χ2n) is 3.84. The molecule has 0 bridgehead atoms. The first-order chi connectivity index (χ1) is 6.66. The van der Waals surface area contributed by atoms with Crippen LogP contribution in [0.2, 0.25) is 0 Å². The smallest absolute Gasteiger partial charge is 0.0894 e. The third kappa shape index (κ3) is 9.92. The van der Waals surface area contributed by atoms with E-state index >= 15 is 0 Å². The third-order valence-electron chi connectivity index (χ3n) is 1.85. The summed E-state index contributed by atoms with van der Waals surface area (Å²) in [5, 5.41) is 20.5. The predicted molar refractivity (Wildman–Crippen MR) is 56.2 cm³/mol. The topological polar surface area (TPSA) is 61.7 Å². The van der Waals surface area contributed by atoms with E-state index < -0.39 is 6.10 Å². The molecule has 4 nitrogen and oxygen atoms in total. The first-order valence-corrected chi connectivity index (χ1v) is 5.24. The van der Waals surface area contributed by atoms with Gasteiger partial charge in [-0.3, -0.25) is 0 Å². The van der Waals surface area contributed by atoms with Crippen molar-refractivity contribution in [2.45, 2.75) is 26.4 Å². The largest absolute Gasteiger partial charge is 0.394 e. The van der Waals surface area contributed by atoms with Gasteiger partial charge >= 0.3 is 0 Å². The molecule has 0 saturated carbocycles. The summed E-state index contributed by atoms with van der Waals surface area (Å²) in [4.78, 5) is 0. The Hall–Kier alpha value is -0.160. The number of rotatable bonds is 9. The first-order valence-electron chi connectivity index (χ1n) is 5.24. The summed E-state index contributed by atoms with van der Waals surface area (Å²) in [7, 11) is 0. The Morgan fingerprint density at radius 1 is 1.29 bits per heavy atom. The minimum absolute atomic E-state index is 0.193. The molecule has 0 amide bonds. The Morgan fingerprint density at radius 3 is 2.57 bits per heavy atom. The van der Waals surface area contributed by atoms with Gasteiger partial charge < -0.3 is 20.3 Å². The van der Waals surface area contributed by atoms with E-state index in [2.05, 4.69) is 19.2 Å². The van der Waals surface area contributed by atoms with Crippen LogP contribution < -0.4 is 5.32 Å². The summed E-state index contributed by atoms with van der Waals surface area (Å²) in [5.41, 5.74) is 0. The van der Waals surface area contributed by atoms with E-state index in [1.165, 1.54) is 0 Å². The van der Waals surface area contributed by atoms with Crippen LogP contribution in [0.3, 0.4) is 0 Å². The molecule has 0 spiro atoms. The molecule has 1 atom stereocenters. The number of aliphatic hydroxyl groups excluding tert-OH is 2. The van der Waals surface area contributed by atoms with Crippen LogP contribution in [0, 0.1) is 5.92 Å². The third-order valence-corrected chi connectivity index (χ3v) is 1.85. The molecule has 0 radical (unpaired) electrons. The van der Waals surface area contributed by atoms with E-state index in [0.717, 1.165) is 19.6 Å². The summed E-state index contributed by atoms with van der Waals surface area (Å²) in [6.07, 6.45) is 0.421. The van der Waals surface area contributed by atoms with Crippen molar-refractivity contribution in [3.8, 4) is 0 Å². The first kappa shape index (κ1) is 13.8. The Morgan fingerprint density at radius 2 is 2.00 bits per heavy atom. The number of hydrogen-bond acceptors (Lipinski definition) is 4. The van der Waals surface area contributed by atoms with Crippen LogP contribution in [0.15, 0.2) is 0 Å². The fourth-order valence-corrected chi connectivity index (χ4v) is 0.899. The van der Waals surface area contributed by atoms with E-state index in [9.17, 15) is 0 Å². The second-order valence-corrected chi connectivity index (χ2v) is 3.84. The van der Waals surface area contributed by atoms with Crippen LogP contribution in [0.4, 0.5) is 0 Å². The molecule has 14 heavy (non-hydrogen) atoms. The van der Waals surface area contributed by atoms with E-state index in [0.29, 0.717) is 19.1 Å². The SMILES string of the molecule is CC(C)CCOCCNCC(O)CO. The second kappa shape index (κ2) is 9.40. The molecule has 4 heteroatoms. The lowest BCUT2D eigenvalue weighted by atomic mass is 10.1. The highest BCUT2D eigenvalue weighted by Crippen LogP contribution is 1.98. The highest BCUT2D eigenvalue weighted by atomic mass is 16.5. The number of nitrogens with one attached hydrogen (secondary N) is 1. The lowest BCUT2D eigenvalue weighted by Crippen LogP contribution is -2.31. The van der Waals surface area contributed by atoms with E-state index in [1.807, 2.05) is 0 Å². The van der Waals surface area contributed by atoms with Gasteiger partial charge in [0.1, 0.15) is 0 Å². The molecule has 0 aliphatic carbocycles. The Balaban J connectivity index is 2.99. The van der Waals surface area contributed by atoms with E-state index in [-0.39, 0.29) is 6.61 Å². The molecule has 0 aromatic rings. The predicted octanol–water partition coefficient (Wildman–Crippen LogP) is -0.00810. The molecule has 0 aliphatic rings. The fraction of sp³-hybridized carbons (Fsp3) is 1.00. The molecular weight excluding hydrogens is 182 g/mol. The van der Waals surface area contributed by atoms with E-state index in [4.69, 9.17) is 14.9 Å². The Kier molecular flexibility index (Phi) is 9.29. The normalized spacial score (nSPS) is 13.5. The van der Waals surface area contributed by atoms with Crippen molar-refractivity contribution in [3.63, 3.8) is 0 Å². The zero-order valence-electron chi connectivity index (χ0n) is 9.20. The Bertz CT molecular complexity index is 120. The fourth-order valence-electron chi connectivity index (χ4n) is 0.899. The van der Waals surface area contributed by atoms with Gasteiger partial charge in [0.25, 0.3) is 0 Å². The van der Waals surface area contributed by atoms with Crippen molar-refractivity contribution in [1.82, 2.24) is 5.32 Å². The maximum Gasteiger partial charge on any atom is 0.0894 e. The summed E-state index contributed by atoms with van der Waals surface area (Å²) in [6.45, 7) is 6.73. The molecule has 0 aliphatic heterocycles. The summed E-state index contributed by atoms with van der Waals surface area (Å²) in [5.74, 6) is 0.680. The van der Waals surface area contributed by atoms with Crippen molar-refractivity contribution >= 4 is 0 Å². The van der Waals surface area contributed by atoms with Gasteiger partial charge in [-0.05, 0) is 12.3 Å². The van der Waals surface area contributed by atoms with Crippen LogP contribution in [0.5, 0.6) is 0 Å². The van der Waals surface area contributed by atoms with Gasteiger partial charge in [0.15, 0.2) is 0 Å². The highest BCUT2D eigenvalue weighted by molar-refractivity contribution is 4.56. The maximum absolute atomic E-state index is 8.98. The molecular formula is C10H23NO3. The number of ether oxygens (including phenoxy) is 1. The van der Waals surface area contributed by atoms with Gasteiger partial charge in [0.2, 0.25) is 0 Å². The molecule has 0 fully saturated rings. The zero-order chi connectivity index (χ0) is 10.8. The van der Waals surface area contributed by atoms with Crippen molar-refractivity contribution < 1.29 is 14.9 Å². The molecule has 1 unspecified atom stereocenters. The Labute approximate surface area is 86.3 Å². The van der Waals surface area contributed by atoms with Gasteiger partial charge in [-0.15, -0.1) is 0 Å². The standard InChI is InChI=1S/C10H23NO3/c1-9(2)3-5-14-6-4-11-7-10(13)8-12/h9-13H,3-8H2,1-2H3. The molecule has 0 saturated heterocycles. The van der Waals surface area contributed by atoms with Crippen molar-refractivity contribution in [2.24, 2.45) is 5.92 Å². The maximum atomic E-state index is 8.98. The molecule has 86 valence electrons. The minimum atomic E-state index is -0.661. The monoisotopic (exact) mass is 205 g/mol. The van der Waals surface area contributed by atoms with Crippen LogP contribution in [0.1, 0.15) is 20.3 Å². The van der Waals surface area contributed by atoms with Crippen molar-refractivity contribution in [3.05, 3.63) is 0 Å². The van der Waals surface area contributed by atoms with Crippen LogP contribution in [0.25, 0.3) is 0 Å². The average molecular weight is 205 g/mol. The van der Waals surface area contributed by atoms with Gasteiger partial charge in [-0.1, -0.05) is 13.8 Å². The minimum Gasteiger partial charge on any atom is -0.394 e. The summed E-state index contributed by atoms with van der Waals surface area (Å²) < 4.78 is 5.35. The zero-order valence-corrected chi connectivity index (χ0v) is 9.20. The van der Waals surface area contributed by atoms with Crippen LogP contribution in [-0.4, -0.2) is 49.2 Å². The lowest BCUT2D eigenvalue weighted by Gasteiger charge is -2.09. The van der Waals surface area contributed by atoms with Gasteiger partial charge in [0, 0.05) is 19.7 Å². The molecule has 0 heterocycles. The number of hydrogen-bond donors (Lipinski definition) is 3. The van der Waals surface area contributed by atoms with Crippen LogP contribution in [-0.2, 0) is 4.74 Å². The van der Waals surface area contributed by atoms with Crippen molar-refractivity contribution in [2.75, 3.05) is 32.9 Å². The van der Waals surface area contributed by atoms with E-state index in [1.54, 1.807) is 0 Å².